The van der Waals surface area contributed by atoms with Crippen LogP contribution in [0.5, 0.6) is 0 Å². The molecule has 0 fully saturated rings. The molecule has 0 aliphatic carbocycles. The highest BCUT2D eigenvalue weighted by atomic mass is 19.2. The number of ketones is 1. The van der Waals surface area contributed by atoms with Crippen molar-refractivity contribution in [2.45, 2.75) is 13.1 Å². The molecule has 0 bridgehead atoms. The highest BCUT2D eigenvalue weighted by Gasteiger charge is 2.20. The Morgan fingerprint density at radius 3 is 1.88 bits per heavy atom. The van der Waals surface area contributed by atoms with Crippen molar-refractivity contribution in [3.63, 3.8) is 0 Å². The lowest BCUT2D eigenvalue weighted by Gasteiger charge is -1.90. The number of hydrogen-bond donors (Lipinski definition) is 0. The monoisotopic (exact) mass is 122 g/mol. The van der Waals surface area contributed by atoms with Gasteiger partial charge in [0, 0.05) is 0 Å². The van der Waals surface area contributed by atoms with Crippen LogP contribution in [0.2, 0.25) is 0 Å². The zero-order valence-corrected chi connectivity index (χ0v) is 4.15. The molecule has 0 aliphatic heterocycles. The second kappa shape index (κ2) is 2.49. The van der Waals surface area contributed by atoms with E-state index in [1.54, 1.807) is 0 Å². The van der Waals surface area contributed by atoms with Gasteiger partial charge in [0.2, 0.25) is 6.17 Å². The minimum atomic E-state index is -2.57. The Morgan fingerprint density at radius 1 is 1.50 bits per heavy atom. The molecule has 0 spiro atoms. The zero-order chi connectivity index (χ0) is 6.73. The van der Waals surface area contributed by atoms with E-state index in [0.717, 1.165) is 6.92 Å². The Hall–Kier alpha value is -0.800. The van der Waals surface area contributed by atoms with E-state index in [4.69, 9.17) is 0 Å². The Labute approximate surface area is 44.5 Å². The lowest BCUT2D eigenvalue weighted by molar-refractivity contribution is -0.140. The fourth-order valence-corrected chi connectivity index (χ4v) is 0.160. The van der Waals surface area contributed by atoms with E-state index in [9.17, 15) is 18.4 Å². The largest absolute Gasteiger partial charge is 0.343 e. The van der Waals surface area contributed by atoms with Gasteiger partial charge in [-0.05, 0) is 6.92 Å². The summed E-state index contributed by atoms with van der Waals surface area (Å²) in [7, 11) is 0. The predicted octanol–water partition coefficient (Wildman–Crippen LogP) is 0.410. The van der Waals surface area contributed by atoms with Crippen LogP contribution >= 0.6 is 0 Å². The fraction of sp³-hybridized carbons (Fsp3) is 0.500. The number of Topliss-reactive ketones (excluding diaryl/α,β-unsaturated/α-hetero) is 1. The van der Waals surface area contributed by atoms with Crippen LogP contribution in [-0.4, -0.2) is 18.0 Å². The summed E-state index contributed by atoms with van der Waals surface area (Å²) in [6.07, 6.45) is -2.57. The van der Waals surface area contributed by atoms with E-state index in [1.807, 2.05) is 0 Å². The number of rotatable bonds is 2. The van der Waals surface area contributed by atoms with Gasteiger partial charge in [0.15, 0.2) is 5.78 Å². The van der Waals surface area contributed by atoms with E-state index < -0.39 is 18.0 Å². The predicted molar refractivity (Wildman–Crippen MR) is 21.7 cm³/mol. The molecule has 2 nitrogen and oxygen atoms in total. The van der Waals surface area contributed by atoms with Crippen LogP contribution in [0.15, 0.2) is 0 Å². The van der Waals surface area contributed by atoms with E-state index >= 15 is 0 Å². The number of carbonyl (C=O) groups excluding carboxylic acids is 2. The van der Waals surface area contributed by atoms with Crippen LogP contribution < -0.4 is 0 Å². The number of hydrogen-bond acceptors (Lipinski definition) is 2. The fourth-order valence-electron chi connectivity index (χ4n) is 0.160. The smallest absolute Gasteiger partial charge is 0.296 e. The lowest BCUT2D eigenvalue weighted by atomic mass is 10.3. The standard InChI is InChI=1S/C4H4F2O2/c1-2(7)3(5)4(6)8/h3H,1H3. The highest BCUT2D eigenvalue weighted by molar-refractivity contribution is 5.99. The SMILES string of the molecule is CC(=O)C(F)C(=O)F. The summed E-state index contributed by atoms with van der Waals surface area (Å²) < 4.78 is 22.7. The number of carbonyl (C=O) groups is 2. The van der Waals surface area contributed by atoms with E-state index in [2.05, 4.69) is 0 Å². The lowest BCUT2D eigenvalue weighted by Crippen LogP contribution is -2.18. The van der Waals surface area contributed by atoms with Gasteiger partial charge in [-0.3, -0.25) is 9.59 Å². The molecule has 0 aromatic heterocycles. The Bertz CT molecular complexity index is 107. The van der Waals surface area contributed by atoms with Gasteiger partial charge in [0.05, 0.1) is 0 Å². The van der Waals surface area contributed by atoms with E-state index in [-0.39, 0.29) is 0 Å². The maximum absolute atomic E-state index is 11.6. The van der Waals surface area contributed by atoms with Crippen LogP contribution in [0, 0.1) is 0 Å². The first-order chi connectivity index (χ1) is 3.55. The van der Waals surface area contributed by atoms with Gasteiger partial charge < -0.3 is 0 Å². The molecule has 0 aliphatic rings. The molecule has 1 atom stereocenters. The van der Waals surface area contributed by atoms with Gasteiger partial charge in [-0.25, -0.2) is 4.39 Å². The Balaban J connectivity index is 3.83. The summed E-state index contributed by atoms with van der Waals surface area (Å²) in [5, 5.41) is 0. The molecule has 0 rings (SSSR count). The van der Waals surface area contributed by atoms with Gasteiger partial charge in [0.1, 0.15) is 0 Å². The van der Waals surface area contributed by atoms with Gasteiger partial charge in [0.25, 0.3) is 0 Å². The van der Waals surface area contributed by atoms with Crippen LogP contribution in [0.25, 0.3) is 0 Å². The second-order valence-electron chi connectivity index (χ2n) is 1.28. The molecule has 0 aromatic carbocycles. The molecule has 46 valence electrons. The van der Waals surface area contributed by atoms with Gasteiger partial charge >= 0.3 is 6.04 Å². The van der Waals surface area contributed by atoms with Crippen LogP contribution in [0.3, 0.4) is 0 Å². The Morgan fingerprint density at radius 2 is 1.88 bits per heavy atom. The van der Waals surface area contributed by atoms with Crippen molar-refractivity contribution in [2.75, 3.05) is 0 Å². The first-order valence-electron chi connectivity index (χ1n) is 1.89. The minimum Gasteiger partial charge on any atom is -0.296 e. The molecule has 0 aromatic rings. The highest BCUT2D eigenvalue weighted by Crippen LogP contribution is 1.93. The van der Waals surface area contributed by atoms with Crippen LogP contribution in [0.1, 0.15) is 6.92 Å². The molecule has 0 saturated carbocycles. The molecule has 0 saturated heterocycles. The normalized spacial score (nSPS) is 12.9. The summed E-state index contributed by atoms with van der Waals surface area (Å²) in [6, 6.07) is -2.22. The third-order valence-electron chi connectivity index (χ3n) is 0.556. The van der Waals surface area contributed by atoms with Crippen molar-refractivity contribution < 1.29 is 18.4 Å². The summed E-state index contributed by atoms with van der Waals surface area (Å²) in [4.78, 5) is 19.1. The molecule has 8 heavy (non-hydrogen) atoms. The Kier molecular flexibility index (Phi) is 2.24. The second-order valence-corrected chi connectivity index (χ2v) is 1.28. The van der Waals surface area contributed by atoms with Crippen molar-refractivity contribution in [2.24, 2.45) is 0 Å². The third-order valence-corrected chi connectivity index (χ3v) is 0.556. The van der Waals surface area contributed by atoms with Crippen molar-refractivity contribution in [3.8, 4) is 0 Å². The minimum absolute atomic E-state index is 0.808. The van der Waals surface area contributed by atoms with Crippen molar-refractivity contribution in [1.82, 2.24) is 0 Å². The topological polar surface area (TPSA) is 34.1 Å². The average Bonchev–Trinajstić information content (AvgIpc) is 1.64. The van der Waals surface area contributed by atoms with Crippen molar-refractivity contribution >= 4 is 11.8 Å². The van der Waals surface area contributed by atoms with Crippen LogP contribution in [0.4, 0.5) is 8.78 Å². The van der Waals surface area contributed by atoms with Crippen LogP contribution in [-0.2, 0) is 9.59 Å². The van der Waals surface area contributed by atoms with Gasteiger partial charge in [-0.1, -0.05) is 0 Å². The average molecular weight is 122 g/mol. The van der Waals surface area contributed by atoms with Gasteiger partial charge in [-0.15, -0.1) is 0 Å². The van der Waals surface area contributed by atoms with Crippen molar-refractivity contribution in [1.29, 1.82) is 0 Å². The molecular formula is C4H4F2O2. The number of halogens is 2. The molecule has 4 heteroatoms. The molecule has 0 radical (unpaired) electrons. The maximum Gasteiger partial charge on any atom is 0.343 e. The molecule has 0 amide bonds. The van der Waals surface area contributed by atoms with Crippen molar-refractivity contribution in [3.05, 3.63) is 0 Å². The number of alkyl halides is 1. The molecular weight excluding hydrogens is 118 g/mol. The third kappa shape index (κ3) is 1.77. The molecule has 1 unspecified atom stereocenters. The first kappa shape index (κ1) is 7.20. The van der Waals surface area contributed by atoms with E-state index in [0.29, 0.717) is 0 Å². The summed E-state index contributed by atoms with van der Waals surface area (Å²) in [5.74, 6) is -1.10. The van der Waals surface area contributed by atoms with E-state index in [1.165, 1.54) is 0 Å². The summed E-state index contributed by atoms with van der Waals surface area (Å²) in [6.45, 7) is 0.808. The molecule has 0 N–H and O–H groups in total. The summed E-state index contributed by atoms with van der Waals surface area (Å²) >= 11 is 0. The zero-order valence-electron chi connectivity index (χ0n) is 4.15. The molecule has 0 heterocycles. The summed E-state index contributed by atoms with van der Waals surface area (Å²) in [5.41, 5.74) is 0. The first-order valence-corrected chi connectivity index (χ1v) is 1.89. The maximum atomic E-state index is 11.6. The quantitative estimate of drug-likeness (QED) is 0.392. The van der Waals surface area contributed by atoms with Gasteiger partial charge in [-0.2, -0.15) is 4.39 Å².